The van der Waals surface area contributed by atoms with Crippen LogP contribution in [0, 0.1) is 0 Å². The minimum absolute atomic E-state index is 0.201. The maximum Gasteiger partial charge on any atom is 0.417 e. The van der Waals surface area contributed by atoms with E-state index in [9.17, 15) is 18.0 Å². The number of pyridine rings is 1. The van der Waals surface area contributed by atoms with Gasteiger partial charge in [-0.25, -0.2) is 0 Å². The van der Waals surface area contributed by atoms with Crippen molar-refractivity contribution in [1.29, 1.82) is 0 Å². The highest BCUT2D eigenvalue weighted by atomic mass is 35.5. The molecule has 2 nitrogen and oxygen atoms in total. The molecule has 1 aromatic heterocycles. The quantitative estimate of drug-likeness (QED) is 0.743. The second-order valence-corrected chi connectivity index (χ2v) is 3.37. The summed E-state index contributed by atoms with van der Waals surface area (Å²) in [6, 6.07) is 1.69. The van der Waals surface area contributed by atoms with Crippen LogP contribution in [0.1, 0.15) is 12.0 Å². The molecule has 0 bridgehead atoms. The first-order chi connectivity index (χ1) is 6.95. The van der Waals surface area contributed by atoms with E-state index in [2.05, 4.69) is 0 Å². The summed E-state index contributed by atoms with van der Waals surface area (Å²) in [5.41, 5.74) is -1.27. The van der Waals surface area contributed by atoms with Crippen LogP contribution in [-0.4, -0.2) is 10.4 Å². The fraction of sp³-hybridized carbons (Fsp3) is 0.444. The molecule has 0 aliphatic carbocycles. The molecule has 0 radical (unpaired) electrons. The highest BCUT2D eigenvalue weighted by Gasteiger charge is 2.30. The summed E-state index contributed by atoms with van der Waals surface area (Å²) in [6.07, 6.45) is -3.14. The van der Waals surface area contributed by atoms with Crippen LogP contribution in [0.2, 0.25) is 0 Å². The molecule has 84 valence electrons. The lowest BCUT2D eigenvalue weighted by Crippen LogP contribution is -2.21. The number of nitrogens with zero attached hydrogens (tertiary/aromatic N) is 1. The van der Waals surface area contributed by atoms with Crippen LogP contribution in [0.5, 0.6) is 0 Å². The molecule has 0 saturated carbocycles. The van der Waals surface area contributed by atoms with Crippen molar-refractivity contribution in [3.63, 3.8) is 0 Å². The van der Waals surface area contributed by atoms with E-state index in [4.69, 9.17) is 11.6 Å². The van der Waals surface area contributed by atoms with Crippen molar-refractivity contribution >= 4 is 11.6 Å². The van der Waals surface area contributed by atoms with E-state index >= 15 is 0 Å². The van der Waals surface area contributed by atoms with Crippen LogP contribution in [0.4, 0.5) is 13.2 Å². The van der Waals surface area contributed by atoms with Crippen molar-refractivity contribution in [3.05, 3.63) is 34.2 Å². The first-order valence-corrected chi connectivity index (χ1v) is 4.82. The molecular weight excluding hydrogens is 231 g/mol. The van der Waals surface area contributed by atoms with Crippen LogP contribution < -0.4 is 5.56 Å². The molecule has 0 saturated heterocycles. The van der Waals surface area contributed by atoms with Crippen molar-refractivity contribution in [2.24, 2.45) is 0 Å². The predicted molar refractivity (Wildman–Crippen MR) is 51.0 cm³/mol. The Bertz CT molecular complexity index is 386. The number of aryl methyl sites for hydroxylation is 1. The molecule has 15 heavy (non-hydrogen) atoms. The molecule has 0 atom stereocenters. The molecule has 1 rings (SSSR count). The second kappa shape index (κ2) is 4.70. The maximum atomic E-state index is 12.3. The average molecular weight is 240 g/mol. The SMILES string of the molecule is O=c1ccc(C(F)(F)F)cn1CCCCl. The number of aromatic nitrogens is 1. The van der Waals surface area contributed by atoms with Crippen LogP contribution in [0.15, 0.2) is 23.1 Å². The summed E-state index contributed by atoms with van der Waals surface area (Å²) < 4.78 is 37.9. The Kier molecular flexibility index (Phi) is 3.79. The molecule has 0 fully saturated rings. The van der Waals surface area contributed by atoms with Gasteiger partial charge in [0, 0.05) is 24.7 Å². The molecule has 0 unspecified atom stereocenters. The van der Waals surface area contributed by atoms with E-state index in [1.807, 2.05) is 0 Å². The molecule has 0 aliphatic rings. The minimum Gasteiger partial charge on any atom is -0.315 e. The lowest BCUT2D eigenvalue weighted by molar-refractivity contribution is -0.138. The first kappa shape index (κ1) is 12.1. The van der Waals surface area contributed by atoms with Crippen molar-refractivity contribution < 1.29 is 13.2 Å². The summed E-state index contributed by atoms with van der Waals surface area (Å²) in [6.45, 7) is 0.201. The van der Waals surface area contributed by atoms with Gasteiger partial charge < -0.3 is 4.57 Å². The summed E-state index contributed by atoms with van der Waals surface area (Å²) in [5, 5.41) is 0. The summed E-state index contributed by atoms with van der Waals surface area (Å²) in [4.78, 5) is 11.2. The van der Waals surface area contributed by atoms with Gasteiger partial charge in [-0.3, -0.25) is 4.79 Å². The zero-order valence-corrected chi connectivity index (χ0v) is 8.48. The minimum atomic E-state index is -4.42. The van der Waals surface area contributed by atoms with Gasteiger partial charge in [0.2, 0.25) is 0 Å². The number of alkyl halides is 4. The number of halogens is 4. The van der Waals surface area contributed by atoms with Crippen LogP contribution in [-0.2, 0) is 12.7 Å². The van der Waals surface area contributed by atoms with Gasteiger partial charge in [0.05, 0.1) is 5.56 Å². The lowest BCUT2D eigenvalue weighted by atomic mass is 10.2. The standard InChI is InChI=1S/C9H9ClF3NO/c10-4-1-5-14-6-7(9(11,12)13)2-3-8(14)15/h2-3,6H,1,4-5H2. The van der Waals surface area contributed by atoms with Crippen molar-refractivity contribution in [2.45, 2.75) is 19.1 Å². The van der Waals surface area contributed by atoms with E-state index in [0.29, 0.717) is 12.3 Å². The average Bonchev–Trinajstić information content (AvgIpc) is 2.15. The summed E-state index contributed by atoms with van der Waals surface area (Å²) in [5.74, 6) is 0.308. The third-order valence-corrected chi connectivity index (χ3v) is 2.11. The first-order valence-electron chi connectivity index (χ1n) is 4.29. The molecule has 6 heteroatoms. The predicted octanol–water partition coefficient (Wildman–Crippen LogP) is 2.50. The maximum absolute atomic E-state index is 12.3. The Balaban J connectivity index is 3.01. The normalized spacial score (nSPS) is 11.7. The van der Waals surface area contributed by atoms with E-state index in [1.165, 1.54) is 0 Å². The van der Waals surface area contributed by atoms with E-state index in [1.54, 1.807) is 0 Å². The number of rotatable bonds is 3. The van der Waals surface area contributed by atoms with Crippen LogP contribution in [0.3, 0.4) is 0 Å². The Morgan fingerprint density at radius 2 is 2.00 bits per heavy atom. The van der Waals surface area contributed by atoms with Gasteiger partial charge in [-0.1, -0.05) is 0 Å². The number of hydrogen-bond donors (Lipinski definition) is 0. The van der Waals surface area contributed by atoms with Gasteiger partial charge in [-0.05, 0) is 12.5 Å². The van der Waals surface area contributed by atoms with Crippen molar-refractivity contribution in [1.82, 2.24) is 4.57 Å². The zero-order valence-electron chi connectivity index (χ0n) is 7.72. The van der Waals surface area contributed by atoms with Gasteiger partial charge in [-0.2, -0.15) is 13.2 Å². The lowest BCUT2D eigenvalue weighted by Gasteiger charge is -2.09. The van der Waals surface area contributed by atoms with Crippen molar-refractivity contribution in [2.75, 3.05) is 5.88 Å². The number of hydrogen-bond acceptors (Lipinski definition) is 1. The van der Waals surface area contributed by atoms with Crippen LogP contribution >= 0.6 is 11.6 Å². The van der Waals surface area contributed by atoms with Crippen molar-refractivity contribution in [3.8, 4) is 0 Å². The third-order valence-electron chi connectivity index (χ3n) is 1.84. The smallest absolute Gasteiger partial charge is 0.315 e. The molecule has 0 amide bonds. The topological polar surface area (TPSA) is 22.0 Å². The fourth-order valence-corrected chi connectivity index (χ4v) is 1.22. The largest absolute Gasteiger partial charge is 0.417 e. The zero-order chi connectivity index (χ0) is 11.5. The summed E-state index contributed by atoms with van der Waals surface area (Å²) in [7, 11) is 0. The van der Waals surface area contributed by atoms with Gasteiger partial charge in [0.1, 0.15) is 0 Å². The molecular formula is C9H9ClF3NO. The Hall–Kier alpha value is -0.970. The van der Waals surface area contributed by atoms with Gasteiger partial charge in [-0.15, -0.1) is 11.6 Å². The monoisotopic (exact) mass is 239 g/mol. The molecule has 0 N–H and O–H groups in total. The van der Waals surface area contributed by atoms with Gasteiger partial charge >= 0.3 is 6.18 Å². The fourth-order valence-electron chi connectivity index (χ4n) is 1.10. The molecule has 1 aromatic rings. The van der Waals surface area contributed by atoms with Crippen LogP contribution in [0.25, 0.3) is 0 Å². The van der Waals surface area contributed by atoms with Gasteiger partial charge in [0.25, 0.3) is 5.56 Å². The second-order valence-electron chi connectivity index (χ2n) is 2.99. The Labute approximate surface area is 89.3 Å². The molecule has 1 heterocycles. The third kappa shape index (κ3) is 3.27. The summed E-state index contributed by atoms with van der Waals surface area (Å²) >= 11 is 5.40. The van der Waals surface area contributed by atoms with Gasteiger partial charge in [0.15, 0.2) is 0 Å². The Morgan fingerprint density at radius 3 is 2.53 bits per heavy atom. The van der Waals surface area contributed by atoms with E-state index in [0.717, 1.165) is 22.9 Å². The molecule has 0 aromatic carbocycles. The Morgan fingerprint density at radius 1 is 1.33 bits per heavy atom. The molecule has 0 aliphatic heterocycles. The highest BCUT2D eigenvalue weighted by molar-refractivity contribution is 6.17. The van der Waals surface area contributed by atoms with E-state index in [-0.39, 0.29) is 6.54 Å². The van der Waals surface area contributed by atoms with E-state index < -0.39 is 17.3 Å². The highest BCUT2D eigenvalue weighted by Crippen LogP contribution is 2.27. The molecule has 0 spiro atoms.